The number of rotatable bonds is 5. The highest BCUT2D eigenvalue weighted by Gasteiger charge is 2.70. The zero-order valence-electron chi connectivity index (χ0n) is 16.2. The summed E-state index contributed by atoms with van der Waals surface area (Å²) in [5.41, 5.74) is -8.50. The molecule has 2 aromatic carbocycles. The second kappa shape index (κ2) is 8.00. The first-order valence-corrected chi connectivity index (χ1v) is 8.53. The van der Waals surface area contributed by atoms with E-state index in [0.29, 0.717) is 12.1 Å². The Morgan fingerprint density at radius 3 is 2.00 bits per heavy atom. The summed E-state index contributed by atoms with van der Waals surface area (Å²) in [5, 5.41) is 21.1. The normalized spacial score (nSPS) is 14.2. The van der Waals surface area contributed by atoms with Crippen LogP contribution >= 0.6 is 0 Å². The van der Waals surface area contributed by atoms with E-state index in [1.807, 2.05) is 0 Å². The number of nitrogens with one attached hydrogen (secondary N) is 1. The number of hydrogen-bond acceptors (Lipinski definition) is 4. The van der Waals surface area contributed by atoms with Crippen molar-refractivity contribution in [2.75, 3.05) is 10.5 Å². The lowest BCUT2D eigenvalue weighted by Gasteiger charge is -2.34. The molecule has 2 N–H and O–H groups in total. The Morgan fingerprint density at radius 2 is 1.58 bits per heavy atom. The number of aryl methyl sites for hydroxylation is 2. The number of anilines is 2. The van der Waals surface area contributed by atoms with Crippen LogP contribution in [0.3, 0.4) is 0 Å². The fourth-order valence-corrected chi connectivity index (χ4v) is 3.05. The number of halogens is 7. The molecule has 0 saturated heterocycles. The summed E-state index contributed by atoms with van der Waals surface area (Å²) in [5.74, 6) is -7.34. The van der Waals surface area contributed by atoms with Crippen LogP contribution < -0.4 is 10.5 Å². The van der Waals surface area contributed by atoms with Gasteiger partial charge in [-0.15, -0.1) is 0 Å². The molecule has 0 aliphatic heterocycles. The van der Waals surface area contributed by atoms with Crippen molar-refractivity contribution >= 4 is 17.3 Å². The fraction of sp³-hybridized carbons (Fsp3) is 0.316. The van der Waals surface area contributed by atoms with Gasteiger partial charge in [-0.05, 0) is 37.1 Å². The van der Waals surface area contributed by atoms with E-state index in [9.17, 15) is 40.7 Å². The Morgan fingerprint density at radius 1 is 1.06 bits per heavy atom. The molecular formula is C19H16F7N2O3-. The van der Waals surface area contributed by atoms with Crippen molar-refractivity contribution in [1.82, 2.24) is 0 Å². The Kier molecular flexibility index (Phi) is 6.30. The van der Waals surface area contributed by atoms with Crippen LogP contribution in [0.5, 0.6) is 0 Å². The largest absolute Gasteiger partial charge is 0.733 e. The van der Waals surface area contributed by atoms with Crippen LogP contribution in [0.2, 0.25) is 0 Å². The topological polar surface area (TPSA) is 75.6 Å². The minimum Gasteiger partial charge on any atom is -0.733 e. The van der Waals surface area contributed by atoms with Crippen molar-refractivity contribution in [2.24, 2.45) is 0 Å². The summed E-state index contributed by atoms with van der Waals surface area (Å²) >= 11 is 0. The van der Waals surface area contributed by atoms with Gasteiger partial charge in [-0.2, -0.15) is 13.2 Å². The molecule has 1 atom stereocenters. The van der Waals surface area contributed by atoms with Gasteiger partial charge in [-0.25, -0.2) is 17.6 Å². The Balaban J connectivity index is 2.51. The van der Waals surface area contributed by atoms with Gasteiger partial charge in [0.1, 0.15) is 0 Å². The quantitative estimate of drug-likeness (QED) is 0.445. The average Bonchev–Trinajstić information content (AvgIpc) is 2.61. The van der Waals surface area contributed by atoms with Crippen LogP contribution in [0.1, 0.15) is 34.0 Å². The van der Waals surface area contributed by atoms with E-state index in [1.54, 1.807) is 0 Å². The molecule has 0 fully saturated rings. The monoisotopic (exact) mass is 453 g/mol. The summed E-state index contributed by atoms with van der Waals surface area (Å²) in [6, 6.07) is 3.94. The van der Waals surface area contributed by atoms with Crippen LogP contribution in [0.4, 0.5) is 42.1 Å². The van der Waals surface area contributed by atoms with Crippen LogP contribution in [0.15, 0.2) is 30.3 Å². The van der Waals surface area contributed by atoms with Gasteiger partial charge in [0.05, 0.1) is 11.3 Å². The van der Waals surface area contributed by atoms with Crippen molar-refractivity contribution in [1.29, 1.82) is 0 Å². The molecule has 0 aliphatic rings. The van der Waals surface area contributed by atoms with Crippen molar-refractivity contribution in [2.45, 2.75) is 38.5 Å². The van der Waals surface area contributed by atoms with Crippen molar-refractivity contribution in [3.8, 4) is 0 Å². The Bertz CT molecular complexity index is 964. The molecule has 170 valence electrons. The molecule has 0 heterocycles. The standard InChI is InChI=1S/C19H16F7N2O3/c1-9-7-11(18(23,17(3,21)22)19(24,25)26)8-10(2)15(9)27-16(29)12-5-4-6-13(14(12)20)28(30)31/h4-8,30H,1-3H3,(H,27,29)/q-1. The molecule has 5 nitrogen and oxygen atoms in total. The van der Waals surface area contributed by atoms with Gasteiger partial charge in [0.2, 0.25) is 0 Å². The lowest BCUT2D eigenvalue weighted by atomic mass is 9.86. The third-order valence-electron chi connectivity index (χ3n) is 4.59. The maximum Gasteiger partial charge on any atom is 0.432 e. The Labute approximate surface area is 171 Å². The number of carbonyl (C=O) groups is 1. The average molecular weight is 453 g/mol. The second-order valence-corrected chi connectivity index (χ2v) is 6.90. The first-order valence-electron chi connectivity index (χ1n) is 8.53. The third-order valence-corrected chi connectivity index (χ3v) is 4.59. The van der Waals surface area contributed by atoms with E-state index in [-0.39, 0.29) is 23.7 Å². The van der Waals surface area contributed by atoms with Crippen LogP contribution in [-0.4, -0.2) is 23.2 Å². The van der Waals surface area contributed by atoms with Gasteiger partial charge >= 0.3 is 6.18 Å². The molecule has 0 saturated carbocycles. The number of amides is 1. The minimum absolute atomic E-state index is 0.175. The first-order chi connectivity index (χ1) is 14.0. The van der Waals surface area contributed by atoms with Gasteiger partial charge in [0.15, 0.2) is 5.82 Å². The molecule has 1 amide bonds. The van der Waals surface area contributed by atoms with Crippen molar-refractivity contribution in [3.05, 3.63) is 63.6 Å². The van der Waals surface area contributed by atoms with E-state index >= 15 is 0 Å². The van der Waals surface area contributed by atoms with Gasteiger partial charge in [-0.1, -0.05) is 18.2 Å². The number of alkyl halides is 6. The van der Waals surface area contributed by atoms with E-state index in [1.165, 1.54) is 0 Å². The van der Waals surface area contributed by atoms with Gasteiger partial charge in [0, 0.05) is 18.2 Å². The molecule has 2 rings (SSSR count). The number of hydrogen-bond donors (Lipinski definition) is 2. The molecule has 2 aromatic rings. The van der Waals surface area contributed by atoms with Crippen LogP contribution in [0.25, 0.3) is 0 Å². The molecule has 0 aliphatic carbocycles. The zero-order valence-corrected chi connectivity index (χ0v) is 16.2. The van der Waals surface area contributed by atoms with Crippen LogP contribution in [0, 0.1) is 24.9 Å². The lowest BCUT2D eigenvalue weighted by molar-refractivity contribution is -0.304. The summed E-state index contributed by atoms with van der Waals surface area (Å²) < 4.78 is 95.8. The maximum atomic E-state index is 14.7. The van der Waals surface area contributed by atoms with E-state index < -0.39 is 51.5 Å². The van der Waals surface area contributed by atoms with Crippen molar-refractivity contribution < 1.29 is 40.7 Å². The first kappa shape index (κ1) is 24.4. The number of benzene rings is 2. The summed E-state index contributed by atoms with van der Waals surface area (Å²) in [6.07, 6.45) is -5.94. The highest BCUT2D eigenvalue weighted by atomic mass is 19.4. The smallest absolute Gasteiger partial charge is 0.432 e. The molecule has 12 heteroatoms. The lowest BCUT2D eigenvalue weighted by Crippen LogP contribution is -2.51. The van der Waals surface area contributed by atoms with Gasteiger partial charge in [0.25, 0.3) is 17.5 Å². The Hall–Kier alpha value is -2.86. The second-order valence-electron chi connectivity index (χ2n) is 6.90. The van der Waals surface area contributed by atoms with E-state index in [2.05, 4.69) is 5.32 Å². The van der Waals surface area contributed by atoms with E-state index in [4.69, 9.17) is 5.21 Å². The van der Waals surface area contributed by atoms with Gasteiger partial charge < -0.3 is 15.8 Å². The molecule has 31 heavy (non-hydrogen) atoms. The van der Waals surface area contributed by atoms with Crippen molar-refractivity contribution in [3.63, 3.8) is 0 Å². The summed E-state index contributed by atoms with van der Waals surface area (Å²) in [4.78, 5) is 12.4. The molecule has 0 aromatic heterocycles. The highest BCUT2D eigenvalue weighted by Crippen LogP contribution is 2.53. The number of carbonyl (C=O) groups excluding carboxylic acids is 1. The predicted molar refractivity (Wildman–Crippen MR) is 97.4 cm³/mol. The zero-order chi connectivity index (χ0) is 23.9. The highest BCUT2D eigenvalue weighted by molar-refractivity contribution is 6.05. The molecule has 0 bridgehead atoms. The fourth-order valence-electron chi connectivity index (χ4n) is 3.05. The van der Waals surface area contributed by atoms with Gasteiger partial charge in [-0.3, -0.25) is 10.0 Å². The van der Waals surface area contributed by atoms with Crippen LogP contribution in [-0.2, 0) is 5.67 Å². The number of nitrogens with zero attached hydrogens (tertiary/aromatic N) is 1. The summed E-state index contributed by atoms with van der Waals surface area (Å²) in [7, 11) is 0. The SMILES string of the molecule is Cc1cc(C(F)(C(C)(F)F)C(F)(F)F)cc(C)c1NC(=O)c1cccc(N([O-])O)c1F. The summed E-state index contributed by atoms with van der Waals surface area (Å²) in [6.45, 7) is 2.07. The molecular weight excluding hydrogens is 437 g/mol. The maximum absolute atomic E-state index is 14.7. The predicted octanol–water partition coefficient (Wildman–Crippen LogP) is 5.77. The van der Waals surface area contributed by atoms with E-state index in [0.717, 1.165) is 32.0 Å². The molecule has 0 spiro atoms. The molecule has 0 radical (unpaired) electrons. The molecule has 1 unspecified atom stereocenters. The third kappa shape index (κ3) is 4.30. The minimum atomic E-state index is -5.94.